The number of hydrogen-bond acceptors (Lipinski definition) is 3. The molecule has 3 fully saturated rings. The molecule has 0 aromatic heterocycles. The van der Waals surface area contributed by atoms with Crippen LogP contribution >= 0.6 is 0 Å². The van der Waals surface area contributed by atoms with Gasteiger partial charge in [-0.05, 0) is 50.9 Å². The minimum Gasteiger partial charge on any atom is -0.481 e. The van der Waals surface area contributed by atoms with Gasteiger partial charge < -0.3 is 9.84 Å². The fourth-order valence-corrected chi connectivity index (χ4v) is 4.33. The molecular weight excluding hydrogens is 242 g/mol. The highest BCUT2D eigenvalue weighted by atomic mass is 16.5. The first kappa shape index (κ1) is 13.4. The van der Waals surface area contributed by atoms with Crippen LogP contribution in [0.15, 0.2) is 0 Å². The number of nitrogens with zero attached hydrogens (tertiary/aromatic N) is 1. The molecule has 1 N–H and O–H groups in total. The average molecular weight is 267 g/mol. The van der Waals surface area contributed by atoms with Gasteiger partial charge in [0.25, 0.3) is 0 Å². The Morgan fingerprint density at radius 2 is 1.95 bits per heavy atom. The third-order valence-electron chi connectivity index (χ3n) is 5.18. The molecule has 2 bridgehead atoms. The maximum absolute atomic E-state index is 10.9. The number of rotatable bonds is 5. The number of piperidine rings is 1. The zero-order chi connectivity index (χ0) is 13.2. The molecule has 0 saturated carbocycles. The molecule has 4 nitrogen and oxygen atoms in total. The molecule has 0 radical (unpaired) electrons. The topological polar surface area (TPSA) is 49.8 Å². The Balaban J connectivity index is 1.49. The van der Waals surface area contributed by atoms with E-state index in [-0.39, 0.29) is 0 Å². The van der Waals surface area contributed by atoms with Crippen LogP contribution in [0.1, 0.15) is 51.4 Å². The first-order chi connectivity index (χ1) is 9.22. The summed E-state index contributed by atoms with van der Waals surface area (Å²) in [5.41, 5.74) is 0. The summed E-state index contributed by atoms with van der Waals surface area (Å²) in [5.74, 6) is -0.216. The van der Waals surface area contributed by atoms with Crippen molar-refractivity contribution in [2.75, 3.05) is 13.2 Å². The minimum absolute atomic E-state index is 0.368. The average Bonchev–Trinajstić information content (AvgIpc) is 2.93. The van der Waals surface area contributed by atoms with Gasteiger partial charge >= 0.3 is 5.97 Å². The Labute approximate surface area is 115 Å². The van der Waals surface area contributed by atoms with Crippen molar-refractivity contribution in [1.29, 1.82) is 0 Å². The molecule has 3 saturated heterocycles. The number of aliphatic carboxylic acids is 1. The summed E-state index contributed by atoms with van der Waals surface area (Å²) in [5, 5.41) is 8.94. The SMILES string of the molecule is O=C(O)CC1CC2CCC(C1)N2CCC1CCCO1. The van der Waals surface area contributed by atoms with Crippen molar-refractivity contribution in [1.82, 2.24) is 4.90 Å². The lowest BCUT2D eigenvalue weighted by atomic mass is 9.88. The van der Waals surface area contributed by atoms with Crippen LogP contribution in [0.2, 0.25) is 0 Å². The van der Waals surface area contributed by atoms with Crippen molar-refractivity contribution in [3.05, 3.63) is 0 Å². The largest absolute Gasteiger partial charge is 0.481 e. The molecule has 3 unspecified atom stereocenters. The van der Waals surface area contributed by atoms with Crippen LogP contribution in [-0.2, 0) is 9.53 Å². The van der Waals surface area contributed by atoms with Gasteiger partial charge in [0.15, 0.2) is 0 Å². The number of fused-ring (bicyclic) bond motifs is 2. The Bertz CT molecular complexity index is 313. The van der Waals surface area contributed by atoms with Gasteiger partial charge in [0.05, 0.1) is 6.10 Å². The molecule has 3 heterocycles. The third-order valence-corrected chi connectivity index (χ3v) is 5.18. The summed E-state index contributed by atoms with van der Waals surface area (Å²) >= 11 is 0. The van der Waals surface area contributed by atoms with E-state index in [1.165, 1.54) is 25.7 Å². The van der Waals surface area contributed by atoms with Crippen LogP contribution in [0.4, 0.5) is 0 Å². The second kappa shape index (κ2) is 5.80. The van der Waals surface area contributed by atoms with Gasteiger partial charge in [-0.2, -0.15) is 0 Å². The quantitative estimate of drug-likeness (QED) is 0.830. The van der Waals surface area contributed by atoms with Crippen LogP contribution in [0, 0.1) is 5.92 Å². The van der Waals surface area contributed by atoms with E-state index in [2.05, 4.69) is 4.90 Å². The summed E-state index contributed by atoms with van der Waals surface area (Å²) in [6.07, 6.45) is 9.18. The van der Waals surface area contributed by atoms with E-state index < -0.39 is 5.97 Å². The first-order valence-corrected chi connectivity index (χ1v) is 7.81. The standard InChI is InChI=1S/C15H25NO3/c17-15(18)10-11-8-12-3-4-13(9-11)16(12)6-5-14-2-1-7-19-14/h11-14H,1-10H2,(H,17,18). The van der Waals surface area contributed by atoms with Crippen LogP contribution in [0.25, 0.3) is 0 Å². The molecular formula is C15H25NO3. The molecule has 19 heavy (non-hydrogen) atoms. The van der Waals surface area contributed by atoms with Gasteiger partial charge in [0, 0.05) is 31.7 Å². The lowest BCUT2D eigenvalue weighted by Gasteiger charge is -2.39. The molecule has 108 valence electrons. The van der Waals surface area contributed by atoms with E-state index in [0.717, 1.165) is 32.4 Å². The predicted molar refractivity (Wildman–Crippen MR) is 72.1 cm³/mol. The second-order valence-corrected chi connectivity index (χ2v) is 6.48. The highest BCUT2D eigenvalue weighted by Crippen LogP contribution is 2.40. The Kier molecular flexibility index (Phi) is 4.08. The van der Waals surface area contributed by atoms with Crippen molar-refractivity contribution in [3.8, 4) is 0 Å². The van der Waals surface area contributed by atoms with E-state index in [0.29, 0.717) is 30.5 Å². The first-order valence-electron chi connectivity index (χ1n) is 7.81. The minimum atomic E-state index is -0.628. The van der Waals surface area contributed by atoms with Gasteiger partial charge in [-0.25, -0.2) is 0 Å². The van der Waals surface area contributed by atoms with Gasteiger partial charge in [0.2, 0.25) is 0 Å². The van der Waals surface area contributed by atoms with Crippen molar-refractivity contribution in [2.45, 2.75) is 69.6 Å². The molecule has 3 aliphatic heterocycles. The van der Waals surface area contributed by atoms with Crippen molar-refractivity contribution < 1.29 is 14.6 Å². The molecule has 3 atom stereocenters. The number of hydrogen-bond donors (Lipinski definition) is 1. The van der Waals surface area contributed by atoms with E-state index in [1.54, 1.807) is 0 Å². The summed E-state index contributed by atoms with van der Waals surface area (Å²) in [7, 11) is 0. The maximum atomic E-state index is 10.9. The number of carboxylic acid groups (broad SMARTS) is 1. The Morgan fingerprint density at radius 3 is 2.53 bits per heavy atom. The predicted octanol–water partition coefficient (Wildman–Crippen LogP) is 2.27. The highest BCUT2D eigenvalue weighted by Gasteiger charge is 2.40. The molecule has 0 aromatic rings. The molecule has 3 aliphatic rings. The monoisotopic (exact) mass is 267 g/mol. The molecule has 3 rings (SSSR count). The second-order valence-electron chi connectivity index (χ2n) is 6.48. The molecule has 4 heteroatoms. The fourth-order valence-electron chi connectivity index (χ4n) is 4.33. The lowest BCUT2D eigenvalue weighted by Crippen LogP contribution is -2.44. The fraction of sp³-hybridized carbons (Fsp3) is 0.933. The summed E-state index contributed by atoms with van der Waals surface area (Å²) in [6.45, 7) is 2.10. The van der Waals surface area contributed by atoms with Crippen LogP contribution < -0.4 is 0 Å². The van der Waals surface area contributed by atoms with E-state index in [4.69, 9.17) is 9.84 Å². The Morgan fingerprint density at radius 1 is 1.21 bits per heavy atom. The number of ether oxygens (including phenoxy) is 1. The lowest BCUT2D eigenvalue weighted by molar-refractivity contribution is -0.138. The zero-order valence-corrected chi connectivity index (χ0v) is 11.6. The van der Waals surface area contributed by atoms with Crippen molar-refractivity contribution >= 4 is 5.97 Å². The normalized spacial score (nSPS) is 38.7. The number of carbonyl (C=O) groups is 1. The van der Waals surface area contributed by atoms with Gasteiger partial charge in [-0.15, -0.1) is 0 Å². The molecule has 0 amide bonds. The van der Waals surface area contributed by atoms with E-state index in [9.17, 15) is 4.79 Å². The highest BCUT2D eigenvalue weighted by molar-refractivity contribution is 5.67. The van der Waals surface area contributed by atoms with Gasteiger partial charge in [-0.3, -0.25) is 9.69 Å². The van der Waals surface area contributed by atoms with Gasteiger partial charge in [-0.1, -0.05) is 0 Å². The molecule has 0 spiro atoms. The summed E-state index contributed by atoms with van der Waals surface area (Å²) < 4.78 is 5.70. The summed E-state index contributed by atoms with van der Waals surface area (Å²) in [4.78, 5) is 13.5. The summed E-state index contributed by atoms with van der Waals surface area (Å²) in [6, 6.07) is 1.29. The maximum Gasteiger partial charge on any atom is 0.303 e. The van der Waals surface area contributed by atoms with Crippen LogP contribution in [0.5, 0.6) is 0 Å². The van der Waals surface area contributed by atoms with Crippen LogP contribution in [0.3, 0.4) is 0 Å². The third kappa shape index (κ3) is 3.11. The van der Waals surface area contributed by atoms with E-state index >= 15 is 0 Å². The zero-order valence-electron chi connectivity index (χ0n) is 11.6. The van der Waals surface area contributed by atoms with E-state index in [1.807, 2.05) is 0 Å². The molecule has 0 aromatic carbocycles. The van der Waals surface area contributed by atoms with Crippen molar-refractivity contribution in [2.24, 2.45) is 5.92 Å². The molecule has 0 aliphatic carbocycles. The smallest absolute Gasteiger partial charge is 0.303 e. The van der Waals surface area contributed by atoms with Crippen molar-refractivity contribution in [3.63, 3.8) is 0 Å². The van der Waals surface area contributed by atoms with Crippen LogP contribution in [-0.4, -0.2) is 47.3 Å². The Hall–Kier alpha value is -0.610. The van der Waals surface area contributed by atoms with Gasteiger partial charge in [0.1, 0.15) is 0 Å². The number of carboxylic acids is 1.